The van der Waals surface area contributed by atoms with Crippen LogP contribution in [0.2, 0.25) is 0 Å². The van der Waals surface area contributed by atoms with Crippen LogP contribution in [0, 0.1) is 5.92 Å². The Morgan fingerprint density at radius 1 is 1.41 bits per heavy atom. The second-order valence-electron chi connectivity index (χ2n) is 6.13. The van der Waals surface area contributed by atoms with Gasteiger partial charge in [-0.25, -0.2) is 15.0 Å². The predicted octanol–water partition coefficient (Wildman–Crippen LogP) is 1.46. The quantitative estimate of drug-likeness (QED) is 0.715. The molecular weight excluding hydrogens is 280 g/mol. The lowest BCUT2D eigenvalue weighted by atomic mass is 9.77. The van der Waals surface area contributed by atoms with E-state index >= 15 is 0 Å². The SMILES string of the molecule is CCCNC1CC(CCC(O)n2cnc3c(N)ncnc32)C1. The fourth-order valence-corrected chi connectivity index (χ4v) is 3.10. The maximum absolute atomic E-state index is 10.4. The first-order valence-corrected chi connectivity index (χ1v) is 8.03. The van der Waals surface area contributed by atoms with E-state index in [0.29, 0.717) is 35.4 Å². The molecule has 7 heteroatoms. The van der Waals surface area contributed by atoms with Crippen molar-refractivity contribution < 1.29 is 5.11 Å². The number of nitrogens with two attached hydrogens (primary N) is 1. The van der Waals surface area contributed by atoms with Crippen LogP contribution in [0.25, 0.3) is 11.2 Å². The van der Waals surface area contributed by atoms with Gasteiger partial charge in [0.15, 0.2) is 11.5 Å². The molecule has 2 aromatic rings. The average Bonchev–Trinajstić information content (AvgIpc) is 2.90. The normalized spacial score (nSPS) is 22.6. The third-order valence-electron chi connectivity index (χ3n) is 4.46. The Hall–Kier alpha value is -1.73. The predicted molar refractivity (Wildman–Crippen MR) is 85.0 cm³/mol. The first-order chi connectivity index (χ1) is 10.7. The molecule has 1 unspecified atom stereocenters. The number of nitrogens with zero attached hydrogens (tertiary/aromatic N) is 4. The number of imidazole rings is 1. The summed E-state index contributed by atoms with van der Waals surface area (Å²) in [6.45, 7) is 3.29. The second-order valence-corrected chi connectivity index (χ2v) is 6.13. The Morgan fingerprint density at radius 2 is 2.23 bits per heavy atom. The topological polar surface area (TPSA) is 102 Å². The highest BCUT2D eigenvalue weighted by Crippen LogP contribution is 2.33. The van der Waals surface area contributed by atoms with Gasteiger partial charge in [-0.2, -0.15) is 0 Å². The summed E-state index contributed by atoms with van der Waals surface area (Å²) in [4.78, 5) is 12.3. The fraction of sp³-hybridized carbons (Fsp3) is 0.667. The molecule has 2 heterocycles. The minimum atomic E-state index is -0.609. The van der Waals surface area contributed by atoms with E-state index in [2.05, 4.69) is 27.2 Å². The summed E-state index contributed by atoms with van der Waals surface area (Å²) < 4.78 is 1.68. The number of hydrogen-bond donors (Lipinski definition) is 3. The molecule has 1 saturated carbocycles. The lowest BCUT2D eigenvalue weighted by Gasteiger charge is -2.36. The molecule has 2 aromatic heterocycles. The molecule has 1 aliphatic rings. The second kappa shape index (κ2) is 6.58. The molecule has 0 spiro atoms. The molecule has 0 aromatic carbocycles. The van der Waals surface area contributed by atoms with Gasteiger partial charge in [-0.3, -0.25) is 4.57 Å². The smallest absolute Gasteiger partial charge is 0.167 e. The molecule has 0 saturated heterocycles. The molecule has 7 nitrogen and oxygen atoms in total. The number of hydrogen-bond acceptors (Lipinski definition) is 6. The molecule has 0 aliphatic heterocycles. The van der Waals surface area contributed by atoms with E-state index in [1.54, 1.807) is 10.9 Å². The van der Waals surface area contributed by atoms with E-state index in [-0.39, 0.29) is 0 Å². The number of aliphatic hydroxyl groups is 1. The summed E-state index contributed by atoms with van der Waals surface area (Å²) in [7, 11) is 0. The Bertz CT molecular complexity index is 622. The van der Waals surface area contributed by atoms with E-state index in [4.69, 9.17) is 5.73 Å². The summed E-state index contributed by atoms with van der Waals surface area (Å²) in [6, 6.07) is 0.670. The summed E-state index contributed by atoms with van der Waals surface area (Å²) >= 11 is 0. The van der Waals surface area contributed by atoms with Gasteiger partial charge < -0.3 is 16.2 Å². The minimum Gasteiger partial charge on any atom is -0.382 e. The van der Waals surface area contributed by atoms with Crippen molar-refractivity contribution in [3.8, 4) is 0 Å². The molecule has 3 rings (SSSR count). The van der Waals surface area contributed by atoms with Crippen molar-refractivity contribution in [3.05, 3.63) is 12.7 Å². The molecule has 4 N–H and O–H groups in total. The highest BCUT2D eigenvalue weighted by Gasteiger charge is 2.28. The van der Waals surface area contributed by atoms with Crippen molar-refractivity contribution in [1.82, 2.24) is 24.8 Å². The zero-order valence-electron chi connectivity index (χ0n) is 12.9. The monoisotopic (exact) mass is 304 g/mol. The van der Waals surface area contributed by atoms with Crippen LogP contribution in [0.3, 0.4) is 0 Å². The first kappa shape index (κ1) is 15.2. The summed E-state index contributed by atoms with van der Waals surface area (Å²) in [5.74, 6) is 1.05. The molecule has 22 heavy (non-hydrogen) atoms. The van der Waals surface area contributed by atoms with Crippen molar-refractivity contribution in [2.75, 3.05) is 12.3 Å². The Morgan fingerprint density at radius 3 is 3.00 bits per heavy atom. The van der Waals surface area contributed by atoms with Crippen molar-refractivity contribution in [2.24, 2.45) is 5.92 Å². The minimum absolute atomic E-state index is 0.347. The van der Waals surface area contributed by atoms with Gasteiger partial charge in [0.2, 0.25) is 0 Å². The van der Waals surface area contributed by atoms with Crippen molar-refractivity contribution in [2.45, 2.75) is 51.3 Å². The highest BCUT2D eigenvalue weighted by atomic mass is 16.3. The largest absolute Gasteiger partial charge is 0.382 e. The molecule has 1 atom stereocenters. The Kier molecular flexibility index (Phi) is 4.54. The molecule has 0 amide bonds. The molecule has 1 aliphatic carbocycles. The van der Waals surface area contributed by atoms with Gasteiger partial charge in [0.1, 0.15) is 18.1 Å². The van der Waals surface area contributed by atoms with Gasteiger partial charge in [-0.1, -0.05) is 6.92 Å². The fourth-order valence-electron chi connectivity index (χ4n) is 3.10. The van der Waals surface area contributed by atoms with E-state index in [9.17, 15) is 5.11 Å². The number of aliphatic hydroxyl groups excluding tert-OH is 1. The van der Waals surface area contributed by atoms with Crippen molar-refractivity contribution in [3.63, 3.8) is 0 Å². The Balaban J connectivity index is 1.52. The van der Waals surface area contributed by atoms with Crippen LogP contribution in [0.5, 0.6) is 0 Å². The highest BCUT2D eigenvalue weighted by molar-refractivity contribution is 5.81. The average molecular weight is 304 g/mol. The molecule has 1 fully saturated rings. The third kappa shape index (κ3) is 3.05. The van der Waals surface area contributed by atoms with Crippen LogP contribution in [0.1, 0.15) is 45.3 Å². The van der Waals surface area contributed by atoms with E-state index < -0.39 is 6.23 Å². The summed E-state index contributed by atoms with van der Waals surface area (Å²) in [6.07, 6.45) is 7.72. The van der Waals surface area contributed by atoms with E-state index in [0.717, 1.165) is 13.0 Å². The number of anilines is 1. The number of aromatic nitrogens is 4. The number of fused-ring (bicyclic) bond motifs is 1. The van der Waals surface area contributed by atoms with Crippen LogP contribution in [-0.4, -0.2) is 37.2 Å². The molecule has 0 bridgehead atoms. The number of nitrogen functional groups attached to an aromatic ring is 1. The first-order valence-electron chi connectivity index (χ1n) is 8.03. The summed E-state index contributed by atoms with van der Waals surface area (Å²) in [5.41, 5.74) is 6.91. The van der Waals surface area contributed by atoms with Gasteiger partial charge in [0, 0.05) is 6.04 Å². The molecular formula is C15H24N6O. The van der Waals surface area contributed by atoms with Crippen LogP contribution < -0.4 is 11.1 Å². The number of nitrogens with one attached hydrogen (secondary N) is 1. The van der Waals surface area contributed by atoms with Gasteiger partial charge in [-0.05, 0) is 44.6 Å². The molecule has 0 radical (unpaired) electrons. The van der Waals surface area contributed by atoms with E-state index in [1.807, 2.05) is 0 Å². The standard InChI is InChI=1S/C15H24N6O/c1-2-5-17-11-6-10(7-11)3-4-12(22)21-9-20-13-14(16)18-8-19-15(13)21/h8-12,17,22H,2-7H2,1H3,(H2,16,18,19). The maximum Gasteiger partial charge on any atom is 0.167 e. The number of rotatable bonds is 7. The zero-order valence-corrected chi connectivity index (χ0v) is 12.9. The van der Waals surface area contributed by atoms with Gasteiger partial charge >= 0.3 is 0 Å². The van der Waals surface area contributed by atoms with Crippen LogP contribution >= 0.6 is 0 Å². The van der Waals surface area contributed by atoms with Gasteiger partial charge in [0.25, 0.3) is 0 Å². The van der Waals surface area contributed by atoms with Crippen LogP contribution in [0.15, 0.2) is 12.7 Å². The lowest BCUT2D eigenvalue weighted by molar-refractivity contribution is 0.0786. The van der Waals surface area contributed by atoms with Crippen molar-refractivity contribution >= 4 is 17.0 Å². The maximum atomic E-state index is 10.4. The molecule has 120 valence electrons. The third-order valence-corrected chi connectivity index (χ3v) is 4.46. The Labute approximate surface area is 130 Å². The van der Waals surface area contributed by atoms with Crippen LogP contribution in [-0.2, 0) is 0 Å². The zero-order chi connectivity index (χ0) is 15.5. The van der Waals surface area contributed by atoms with Crippen LogP contribution in [0.4, 0.5) is 5.82 Å². The van der Waals surface area contributed by atoms with Gasteiger partial charge in [-0.15, -0.1) is 0 Å². The summed E-state index contributed by atoms with van der Waals surface area (Å²) in [5, 5.41) is 13.9. The van der Waals surface area contributed by atoms with E-state index in [1.165, 1.54) is 25.6 Å². The van der Waals surface area contributed by atoms with Gasteiger partial charge in [0.05, 0.1) is 6.33 Å². The van der Waals surface area contributed by atoms with Crippen molar-refractivity contribution in [1.29, 1.82) is 0 Å². The lowest BCUT2D eigenvalue weighted by Crippen LogP contribution is -2.41.